The zero-order chi connectivity index (χ0) is 14.1. The number of amidine groups is 1. The topological polar surface area (TPSA) is 67.7 Å². The van der Waals surface area contributed by atoms with Gasteiger partial charge in [-0.15, -0.1) is 0 Å². The first-order chi connectivity index (χ1) is 9.65. The predicted octanol–water partition coefficient (Wildman–Crippen LogP) is 2.68. The summed E-state index contributed by atoms with van der Waals surface area (Å²) in [7, 11) is 0. The number of para-hydroxylation sites is 2. The third kappa shape index (κ3) is 2.16. The Labute approximate surface area is 117 Å². The molecule has 0 bridgehead atoms. The van der Waals surface area contributed by atoms with Gasteiger partial charge in [-0.05, 0) is 30.7 Å². The smallest absolute Gasteiger partial charge is 0.122 e. The Morgan fingerprint density at radius 1 is 1.20 bits per heavy atom. The maximum atomic E-state index is 7.51. The highest BCUT2D eigenvalue weighted by Gasteiger charge is 2.07. The lowest BCUT2D eigenvalue weighted by Crippen LogP contribution is -2.11. The van der Waals surface area contributed by atoms with E-state index in [9.17, 15) is 0 Å². The Bertz CT molecular complexity index is 786. The zero-order valence-electron chi connectivity index (χ0n) is 11.3. The molecule has 1 aromatic heterocycles. The highest BCUT2D eigenvalue weighted by Crippen LogP contribution is 2.17. The van der Waals surface area contributed by atoms with Gasteiger partial charge in [-0.3, -0.25) is 5.41 Å². The third-order valence-corrected chi connectivity index (χ3v) is 3.42. The van der Waals surface area contributed by atoms with E-state index in [0.29, 0.717) is 0 Å². The van der Waals surface area contributed by atoms with Gasteiger partial charge in [0, 0.05) is 12.1 Å². The molecule has 4 heteroatoms. The van der Waals surface area contributed by atoms with E-state index in [4.69, 9.17) is 11.1 Å². The van der Waals surface area contributed by atoms with Gasteiger partial charge in [-0.1, -0.05) is 30.3 Å². The fourth-order valence-corrected chi connectivity index (χ4v) is 2.42. The van der Waals surface area contributed by atoms with E-state index >= 15 is 0 Å². The molecule has 0 saturated carbocycles. The van der Waals surface area contributed by atoms with Crippen LogP contribution in [0.1, 0.15) is 17.0 Å². The SMILES string of the molecule is Cc1nc2ccccc2n1Cc1cccc(C(=N)N)c1. The molecule has 0 spiro atoms. The van der Waals surface area contributed by atoms with Crippen LogP contribution < -0.4 is 5.73 Å². The Hall–Kier alpha value is -2.62. The molecule has 0 amide bonds. The number of aromatic nitrogens is 2. The van der Waals surface area contributed by atoms with Crippen LogP contribution in [0.25, 0.3) is 11.0 Å². The molecule has 0 unspecified atom stereocenters. The van der Waals surface area contributed by atoms with Gasteiger partial charge in [0.25, 0.3) is 0 Å². The number of nitrogens with two attached hydrogens (primary N) is 1. The number of nitrogens with one attached hydrogen (secondary N) is 1. The molecule has 3 N–H and O–H groups in total. The second-order valence-corrected chi connectivity index (χ2v) is 4.85. The van der Waals surface area contributed by atoms with Crippen molar-refractivity contribution in [2.75, 3.05) is 0 Å². The van der Waals surface area contributed by atoms with Crippen molar-refractivity contribution in [1.82, 2.24) is 9.55 Å². The minimum absolute atomic E-state index is 0.0964. The van der Waals surface area contributed by atoms with Crippen molar-refractivity contribution in [2.24, 2.45) is 5.73 Å². The molecular formula is C16H16N4. The molecule has 20 heavy (non-hydrogen) atoms. The van der Waals surface area contributed by atoms with Crippen molar-refractivity contribution in [3.63, 3.8) is 0 Å². The van der Waals surface area contributed by atoms with Crippen LogP contribution in [0.4, 0.5) is 0 Å². The summed E-state index contributed by atoms with van der Waals surface area (Å²) in [6.07, 6.45) is 0. The Morgan fingerprint density at radius 3 is 2.80 bits per heavy atom. The highest BCUT2D eigenvalue weighted by molar-refractivity contribution is 5.95. The van der Waals surface area contributed by atoms with E-state index in [2.05, 4.69) is 15.6 Å². The number of imidazole rings is 1. The van der Waals surface area contributed by atoms with Crippen LogP contribution in [0.3, 0.4) is 0 Å². The van der Waals surface area contributed by atoms with Gasteiger partial charge in [-0.2, -0.15) is 0 Å². The molecule has 3 rings (SSSR count). The van der Waals surface area contributed by atoms with Crippen molar-refractivity contribution in [3.8, 4) is 0 Å². The van der Waals surface area contributed by atoms with Gasteiger partial charge in [0.05, 0.1) is 11.0 Å². The summed E-state index contributed by atoms with van der Waals surface area (Å²) < 4.78 is 2.18. The lowest BCUT2D eigenvalue weighted by molar-refractivity contribution is 0.786. The number of fused-ring (bicyclic) bond motifs is 1. The fourth-order valence-electron chi connectivity index (χ4n) is 2.42. The van der Waals surface area contributed by atoms with Crippen LogP contribution in [0.15, 0.2) is 48.5 Å². The second-order valence-electron chi connectivity index (χ2n) is 4.85. The molecule has 4 nitrogen and oxygen atoms in total. The number of aryl methyl sites for hydroxylation is 1. The normalized spacial score (nSPS) is 10.8. The minimum Gasteiger partial charge on any atom is -0.384 e. The van der Waals surface area contributed by atoms with E-state index < -0.39 is 0 Å². The molecule has 0 fully saturated rings. The second kappa shape index (κ2) is 4.81. The van der Waals surface area contributed by atoms with Gasteiger partial charge in [0.15, 0.2) is 0 Å². The lowest BCUT2D eigenvalue weighted by Gasteiger charge is -2.08. The van der Waals surface area contributed by atoms with Crippen molar-refractivity contribution in [3.05, 3.63) is 65.5 Å². The lowest BCUT2D eigenvalue weighted by atomic mass is 10.1. The maximum Gasteiger partial charge on any atom is 0.122 e. The first kappa shape index (κ1) is 12.4. The number of hydrogen-bond acceptors (Lipinski definition) is 2. The standard InChI is InChI=1S/C16H16N4/c1-11-19-14-7-2-3-8-15(14)20(11)10-12-5-4-6-13(9-12)16(17)18/h2-9H,10H2,1H3,(H3,17,18). The van der Waals surface area contributed by atoms with Crippen molar-refractivity contribution >= 4 is 16.9 Å². The summed E-state index contributed by atoms with van der Waals surface area (Å²) in [4.78, 5) is 4.56. The summed E-state index contributed by atoms with van der Waals surface area (Å²) in [5.41, 5.74) is 9.54. The van der Waals surface area contributed by atoms with Crippen LogP contribution in [-0.4, -0.2) is 15.4 Å². The molecule has 3 aromatic rings. The Morgan fingerprint density at radius 2 is 2.00 bits per heavy atom. The fraction of sp³-hybridized carbons (Fsp3) is 0.125. The number of nitrogen functional groups attached to an aromatic ring is 1. The predicted molar refractivity (Wildman–Crippen MR) is 81.0 cm³/mol. The summed E-state index contributed by atoms with van der Waals surface area (Å²) in [6.45, 7) is 2.74. The number of benzene rings is 2. The first-order valence-corrected chi connectivity index (χ1v) is 6.50. The highest BCUT2D eigenvalue weighted by atomic mass is 15.1. The number of nitrogens with zero attached hydrogens (tertiary/aromatic N) is 2. The van der Waals surface area contributed by atoms with E-state index in [0.717, 1.165) is 34.5 Å². The molecule has 0 aliphatic rings. The molecule has 1 heterocycles. The van der Waals surface area contributed by atoms with Gasteiger partial charge in [-0.25, -0.2) is 4.98 Å². The maximum absolute atomic E-state index is 7.51. The molecule has 0 aliphatic heterocycles. The summed E-state index contributed by atoms with van der Waals surface area (Å²) in [6, 6.07) is 15.9. The molecule has 0 saturated heterocycles. The molecule has 0 atom stereocenters. The van der Waals surface area contributed by atoms with Crippen molar-refractivity contribution < 1.29 is 0 Å². The molecule has 0 radical (unpaired) electrons. The summed E-state index contributed by atoms with van der Waals surface area (Å²) >= 11 is 0. The van der Waals surface area contributed by atoms with Crippen LogP contribution in [-0.2, 0) is 6.54 Å². The van der Waals surface area contributed by atoms with Crippen LogP contribution in [0, 0.1) is 12.3 Å². The van der Waals surface area contributed by atoms with Crippen molar-refractivity contribution in [2.45, 2.75) is 13.5 Å². The monoisotopic (exact) mass is 264 g/mol. The van der Waals surface area contributed by atoms with Crippen LogP contribution >= 0.6 is 0 Å². The third-order valence-electron chi connectivity index (χ3n) is 3.42. The first-order valence-electron chi connectivity index (χ1n) is 6.50. The van der Waals surface area contributed by atoms with Gasteiger partial charge in [0.2, 0.25) is 0 Å². The average Bonchev–Trinajstić information content (AvgIpc) is 2.76. The van der Waals surface area contributed by atoms with Gasteiger partial charge >= 0.3 is 0 Å². The van der Waals surface area contributed by atoms with Crippen LogP contribution in [0.2, 0.25) is 0 Å². The van der Waals surface area contributed by atoms with E-state index in [1.54, 1.807) is 0 Å². The molecule has 0 aliphatic carbocycles. The van der Waals surface area contributed by atoms with Crippen molar-refractivity contribution in [1.29, 1.82) is 5.41 Å². The summed E-state index contributed by atoms with van der Waals surface area (Å²) in [5.74, 6) is 1.08. The zero-order valence-corrected chi connectivity index (χ0v) is 11.3. The number of rotatable bonds is 3. The molecule has 100 valence electrons. The van der Waals surface area contributed by atoms with Crippen LogP contribution in [0.5, 0.6) is 0 Å². The van der Waals surface area contributed by atoms with E-state index in [1.165, 1.54) is 0 Å². The van der Waals surface area contributed by atoms with Gasteiger partial charge < -0.3 is 10.3 Å². The largest absolute Gasteiger partial charge is 0.384 e. The average molecular weight is 264 g/mol. The quantitative estimate of drug-likeness (QED) is 0.564. The number of hydrogen-bond donors (Lipinski definition) is 2. The molecular weight excluding hydrogens is 248 g/mol. The Balaban J connectivity index is 2.03. The minimum atomic E-state index is 0.0964. The van der Waals surface area contributed by atoms with E-state index in [1.807, 2.05) is 49.4 Å². The summed E-state index contributed by atoms with van der Waals surface area (Å²) in [5, 5.41) is 7.51. The van der Waals surface area contributed by atoms with Gasteiger partial charge in [0.1, 0.15) is 11.7 Å². The molecule has 2 aromatic carbocycles. The van der Waals surface area contributed by atoms with E-state index in [-0.39, 0.29) is 5.84 Å². The Kier molecular flexibility index (Phi) is 2.99.